The molecule has 1 aliphatic heterocycles. The maximum Gasteiger partial charge on any atom is 0.317 e. The van der Waals surface area contributed by atoms with E-state index in [2.05, 4.69) is 5.32 Å². The highest BCUT2D eigenvalue weighted by molar-refractivity contribution is 5.75. The molecule has 2 rings (SSSR count). The monoisotopic (exact) mass is 183 g/mol. The smallest absolute Gasteiger partial charge is 0.317 e. The zero-order valence-corrected chi connectivity index (χ0v) is 7.83. The van der Waals surface area contributed by atoms with Gasteiger partial charge in [0.05, 0.1) is 0 Å². The minimum atomic E-state index is 0.106. The molecule has 1 heterocycles. The number of carbonyl (C=O) groups excluding carboxylic acids is 1. The van der Waals surface area contributed by atoms with Crippen LogP contribution in [0.25, 0.3) is 0 Å². The van der Waals surface area contributed by atoms with E-state index in [0.29, 0.717) is 18.5 Å². The first-order chi connectivity index (χ1) is 6.29. The van der Waals surface area contributed by atoms with Crippen LogP contribution in [0, 0.1) is 5.92 Å². The number of nitrogens with one attached hydrogen (secondary N) is 1. The first kappa shape index (κ1) is 8.81. The van der Waals surface area contributed by atoms with Gasteiger partial charge in [-0.1, -0.05) is 0 Å². The second-order valence-corrected chi connectivity index (χ2v) is 4.08. The van der Waals surface area contributed by atoms with Gasteiger partial charge >= 0.3 is 6.03 Å². The van der Waals surface area contributed by atoms with E-state index >= 15 is 0 Å². The maximum absolute atomic E-state index is 11.5. The van der Waals surface area contributed by atoms with E-state index in [1.54, 1.807) is 0 Å². The lowest BCUT2D eigenvalue weighted by Crippen LogP contribution is -2.57. The molecular weight excluding hydrogens is 166 g/mol. The normalized spacial score (nSPS) is 23.6. The molecule has 0 aromatic heterocycles. The molecule has 0 unspecified atom stereocenters. The third kappa shape index (κ3) is 1.77. The van der Waals surface area contributed by atoms with Gasteiger partial charge in [0.15, 0.2) is 0 Å². The minimum Gasteiger partial charge on any atom is -0.335 e. The average molecular weight is 183 g/mol. The van der Waals surface area contributed by atoms with Gasteiger partial charge in [0, 0.05) is 25.0 Å². The predicted octanol–water partition coefficient (Wildman–Crippen LogP) is 0.139. The SMILES string of the molecule is NCC1CN(C(=O)NC2CCC2)C1. The number of urea groups is 1. The maximum atomic E-state index is 11.5. The van der Waals surface area contributed by atoms with Crippen LogP contribution in [0.3, 0.4) is 0 Å². The van der Waals surface area contributed by atoms with Crippen LogP contribution in [0.4, 0.5) is 4.79 Å². The van der Waals surface area contributed by atoms with Crippen LogP contribution in [-0.2, 0) is 0 Å². The lowest BCUT2D eigenvalue weighted by molar-refractivity contribution is 0.118. The van der Waals surface area contributed by atoms with Gasteiger partial charge in [-0.05, 0) is 25.8 Å². The lowest BCUT2D eigenvalue weighted by Gasteiger charge is -2.40. The molecular formula is C9H17N3O. The third-order valence-electron chi connectivity index (χ3n) is 3.01. The van der Waals surface area contributed by atoms with Crippen LogP contribution in [0.5, 0.6) is 0 Å². The van der Waals surface area contributed by atoms with Gasteiger partial charge in [-0.2, -0.15) is 0 Å². The molecule has 0 radical (unpaired) electrons. The molecule has 0 spiro atoms. The molecule has 1 aliphatic carbocycles. The quantitative estimate of drug-likeness (QED) is 0.639. The molecule has 4 heteroatoms. The highest BCUT2D eigenvalue weighted by Crippen LogP contribution is 2.20. The van der Waals surface area contributed by atoms with Crippen LogP contribution in [0.1, 0.15) is 19.3 Å². The number of carbonyl (C=O) groups is 1. The zero-order valence-electron chi connectivity index (χ0n) is 7.83. The van der Waals surface area contributed by atoms with Crippen LogP contribution >= 0.6 is 0 Å². The summed E-state index contributed by atoms with van der Waals surface area (Å²) in [5.41, 5.74) is 5.48. The number of rotatable bonds is 2. The fourth-order valence-corrected chi connectivity index (χ4v) is 1.70. The van der Waals surface area contributed by atoms with Gasteiger partial charge in [0.2, 0.25) is 0 Å². The summed E-state index contributed by atoms with van der Waals surface area (Å²) in [4.78, 5) is 13.3. The Balaban J connectivity index is 1.67. The Kier molecular flexibility index (Phi) is 2.40. The molecule has 0 aromatic carbocycles. The van der Waals surface area contributed by atoms with E-state index in [-0.39, 0.29) is 6.03 Å². The second-order valence-electron chi connectivity index (χ2n) is 4.08. The number of likely N-dealkylation sites (tertiary alicyclic amines) is 1. The van der Waals surface area contributed by atoms with Gasteiger partial charge in [-0.25, -0.2) is 4.79 Å². The highest BCUT2D eigenvalue weighted by atomic mass is 16.2. The Bertz CT molecular complexity index is 197. The van der Waals surface area contributed by atoms with Crippen LogP contribution in [0.15, 0.2) is 0 Å². The third-order valence-corrected chi connectivity index (χ3v) is 3.01. The van der Waals surface area contributed by atoms with E-state index in [1.807, 2.05) is 4.90 Å². The molecule has 13 heavy (non-hydrogen) atoms. The molecule has 74 valence electrons. The molecule has 1 saturated carbocycles. The largest absolute Gasteiger partial charge is 0.335 e. The Hall–Kier alpha value is -0.770. The Morgan fingerprint density at radius 3 is 2.62 bits per heavy atom. The summed E-state index contributed by atoms with van der Waals surface area (Å²) >= 11 is 0. The van der Waals surface area contributed by atoms with Crippen molar-refractivity contribution in [2.45, 2.75) is 25.3 Å². The number of hydrogen-bond acceptors (Lipinski definition) is 2. The summed E-state index contributed by atoms with van der Waals surface area (Å²) in [6.45, 7) is 2.39. The van der Waals surface area contributed by atoms with Crippen molar-refractivity contribution in [3.05, 3.63) is 0 Å². The molecule has 3 N–H and O–H groups in total. The van der Waals surface area contributed by atoms with Crippen molar-refractivity contribution in [3.8, 4) is 0 Å². The first-order valence-electron chi connectivity index (χ1n) is 5.05. The molecule has 0 atom stereocenters. The number of nitrogens with two attached hydrogens (primary N) is 1. The standard InChI is InChI=1S/C9H17N3O/c10-4-7-5-12(6-7)9(13)11-8-2-1-3-8/h7-8H,1-6,10H2,(H,11,13). The van der Waals surface area contributed by atoms with E-state index < -0.39 is 0 Å². The summed E-state index contributed by atoms with van der Waals surface area (Å²) < 4.78 is 0. The summed E-state index contributed by atoms with van der Waals surface area (Å²) in [6, 6.07) is 0.554. The van der Waals surface area contributed by atoms with E-state index in [4.69, 9.17) is 5.73 Å². The van der Waals surface area contributed by atoms with Gasteiger partial charge in [-0.15, -0.1) is 0 Å². The Morgan fingerprint density at radius 2 is 2.15 bits per heavy atom. The van der Waals surface area contributed by atoms with E-state index in [9.17, 15) is 4.79 Å². The first-order valence-corrected chi connectivity index (χ1v) is 5.05. The number of amides is 2. The number of nitrogens with zero attached hydrogens (tertiary/aromatic N) is 1. The fraction of sp³-hybridized carbons (Fsp3) is 0.889. The summed E-state index contributed by atoms with van der Waals surface area (Å²) in [5.74, 6) is 0.534. The van der Waals surface area contributed by atoms with E-state index in [1.165, 1.54) is 6.42 Å². The summed E-state index contributed by atoms with van der Waals surface area (Å²) in [6.07, 6.45) is 3.57. The van der Waals surface area contributed by atoms with Crippen LogP contribution in [0.2, 0.25) is 0 Å². The molecule has 0 aromatic rings. The molecule has 2 aliphatic rings. The van der Waals surface area contributed by atoms with Crippen molar-refractivity contribution in [1.29, 1.82) is 0 Å². The van der Waals surface area contributed by atoms with E-state index in [0.717, 1.165) is 25.9 Å². The predicted molar refractivity (Wildman–Crippen MR) is 50.3 cm³/mol. The average Bonchev–Trinajstić information content (AvgIpc) is 1.95. The molecule has 0 bridgehead atoms. The molecule has 1 saturated heterocycles. The van der Waals surface area contributed by atoms with Crippen molar-refractivity contribution < 1.29 is 4.79 Å². The van der Waals surface area contributed by atoms with Gasteiger partial charge in [0.25, 0.3) is 0 Å². The van der Waals surface area contributed by atoms with Crippen LogP contribution in [-0.4, -0.2) is 36.6 Å². The van der Waals surface area contributed by atoms with Gasteiger partial charge in [-0.3, -0.25) is 0 Å². The van der Waals surface area contributed by atoms with Crippen molar-refractivity contribution >= 4 is 6.03 Å². The summed E-state index contributed by atoms with van der Waals surface area (Å²) in [7, 11) is 0. The van der Waals surface area contributed by atoms with Crippen LogP contribution < -0.4 is 11.1 Å². The zero-order chi connectivity index (χ0) is 9.26. The second kappa shape index (κ2) is 3.54. The summed E-state index contributed by atoms with van der Waals surface area (Å²) in [5, 5.41) is 3.01. The van der Waals surface area contributed by atoms with Gasteiger partial charge < -0.3 is 16.0 Å². The van der Waals surface area contributed by atoms with Crippen molar-refractivity contribution in [1.82, 2.24) is 10.2 Å². The van der Waals surface area contributed by atoms with Crippen molar-refractivity contribution in [3.63, 3.8) is 0 Å². The fourth-order valence-electron chi connectivity index (χ4n) is 1.70. The Morgan fingerprint density at radius 1 is 1.46 bits per heavy atom. The van der Waals surface area contributed by atoms with Gasteiger partial charge in [0.1, 0.15) is 0 Å². The lowest BCUT2D eigenvalue weighted by atomic mass is 9.93. The number of hydrogen-bond donors (Lipinski definition) is 2. The molecule has 2 amide bonds. The van der Waals surface area contributed by atoms with Crippen molar-refractivity contribution in [2.75, 3.05) is 19.6 Å². The molecule has 2 fully saturated rings. The van der Waals surface area contributed by atoms with Crippen molar-refractivity contribution in [2.24, 2.45) is 11.7 Å². The molecule has 4 nitrogen and oxygen atoms in total. The minimum absolute atomic E-state index is 0.106. The Labute approximate surface area is 78.5 Å². The topological polar surface area (TPSA) is 58.4 Å². The highest BCUT2D eigenvalue weighted by Gasteiger charge is 2.31.